The van der Waals surface area contributed by atoms with Crippen LogP contribution < -0.4 is 16.6 Å². The van der Waals surface area contributed by atoms with Crippen molar-refractivity contribution in [1.82, 2.24) is 4.98 Å². The van der Waals surface area contributed by atoms with Gasteiger partial charge in [0.05, 0.1) is 21.9 Å². The van der Waals surface area contributed by atoms with Gasteiger partial charge in [-0.3, -0.25) is 10.6 Å². The Morgan fingerprint density at radius 1 is 1.20 bits per heavy atom. The van der Waals surface area contributed by atoms with E-state index in [0.717, 1.165) is 0 Å². The highest BCUT2D eigenvalue weighted by Gasteiger charge is 2.11. The number of nitrogen functional groups attached to an aromatic ring is 1. The Hall–Kier alpha value is -1.89. The normalized spacial score (nSPS) is 10.2. The number of hydrogen-bond acceptors (Lipinski definition) is 4. The summed E-state index contributed by atoms with van der Waals surface area (Å²) in [6.45, 7) is 0. The van der Waals surface area contributed by atoms with Crippen LogP contribution in [0.25, 0.3) is 0 Å². The van der Waals surface area contributed by atoms with E-state index < -0.39 is 11.7 Å². The van der Waals surface area contributed by atoms with Crippen LogP contribution in [0, 0.1) is 5.82 Å². The van der Waals surface area contributed by atoms with E-state index in [4.69, 9.17) is 29.0 Å². The monoisotopic (exact) mass is 314 g/mol. The maximum Gasteiger partial charge on any atom is 0.274 e. The Morgan fingerprint density at radius 2 is 1.85 bits per heavy atom. The standard InChI is InChI=1S/C12H9Cl2FN4O/c13-8-3-7(4-9(14)11(8)15)18-12(20)10-2-1-6(19-16)5-17-10/h1-5,19H,16H2,(H,18,20). The van der Waals surface area contributed by atoms with Crippen molar-refractivity contribution < 1.29 is 9.18 Å². The fourth-order valence-electron chi connectivity index (χ4n) is 1.44. The average Bonchev–Trinajstić information content (AvgIpc) is 2.44. The summed E-state index contributed by atoms with van der Waals surface area (Å²) in [6.07, 6.45) is 1.40. The van der Waals surface area contributed by atoms with Crippen LogP contribution in [0.5, 0.6) is 0 Å². The number of pyridine rings is 1. The number of carbonyl (C=O) groups excluding carboxylic acids is 1. The Morgan fingerprint density at radius 3 is 2.35 bits per heavy atom. The van der Waals surface area contributed by atoms with Gasteiger partial charge in [0.2, 0.25) is 0 Å². The zero-order chi connectivity index (χ0) is 14.7. The number of amides is 1. The van der Waals surface area contributed by atoms with Gasteiger partial charge in [0.1, 0.15) is 5.69 Å². The third-order valence-corrected chi connectivity index (χ3v) is 2.95. The summed E-state index contributed by atoms with van der Waals surface area (Å²) in [5.74, 6) is 3.98. The molecule has 8 heteroatoms. The number of benzene rings is 1. The predicted octanol–water partition coefficient (Wildman–Crippen LogP) is 3.07. The molecule has 0 atom stereocenters. The molecule has 104 valence electrons. The van der Waals surface area contributed by atoms with E-state index in [1.54, 1.807) is 6.07 Å². The number of anilines is 2. The van der Waals surface area contributed by atoms with Crippen molar-refractivity contribution in [3.63, 3.8) is 0 Å². The minimum Gasteiger partial charge on any atom is -0.323 e. The maximum atomic E-state index is 13.2. The highest BCUT2D eigenvalue weighted by atomic mass is 35.5. The molecule has 0 aliphatic carbocycles. The number of aromatic nitrogens is 1. The van der Waals surface area contributed by atoms with Gasteiger partial charge < -0.3 is 10.7 Å². The van der Waals surface area contributed by atoms with Crippen LogP contribution in [0.2, 0.25) is 10.0 Å². The van der Waals surface area contributed by atoms with Gasteiger partial charge in [-0.05, 0) is 24.3 Å². The molecule has 1 aromatic carbocycles. The number of rotatable bonds is 3. The van der Waals surface area contributed by atoms with Crippen LogP contribution in [0.15, 0.2) is 30.5 Å². The summed E-state index contributed by atoms with van der Waals surface area (Å²) in [5.41, 5.74) is 3.40. The van der Waals surface area contributed by atoms with E-state index in [2.05, 4.69) is 15.7 Å². The van der Waals surface area contributed by atoms with Gasteiger partial charge in [-0.15, -0.1) is 0 Å². The van der Waals surface area contributed by atoms with Crippen molar-refractivity contribution in [1.29, 1.82) is 0 Å². The van der Waals surface area contributed by atoms with E-state index in [1.165, 1.54) is 24.4 Å². The summed E-state index contributed by atoms with van der Waals surface area (Å²) in [7, 11) is 0. The Kier molecular flexibility index (Phi) is 4.39. The van der Waals surface area contributed by atoms with Crippen molar-refractivity contribution in [2.45, 2.75) is 0 Å². The number of halogens is 3. The summed E-state index contributed by atoms with van der Waals surface area (Å²) >= 11 is 11.3. The van der Waals surface area contributed by atoms with Gasteiger partial charge >= 0.3 is 0 Å². The molecule has 0 aliphatic heterocycles. The molecule has 4 N–H and O–H groups in total. The van der Waals surface area contributed by atoms with Crippen LogP contribution in [-0.2, 0) is 0 Å². The van der Waals surface area contributed by atoms with E-state index in [1.807, 2.05) is 0 Å². The third kappa shape index (κ3) is 3.16. The molecule has 0 bridgehead atoms. The molecule has 2 aromatic rings. The first-order valence-electron chi connectivity index (χ1n) is 5.40. The molecule has 0 saturated heterocycles. The van der Waals surface area contributed by atoms with Gasteiger partial charge in [-0.1, -0.05) is 23.2 Å². The lowest BCUT2D eigenvalue weighted by Gasteiger charge is -2.07. The quantitative estimate of drug-likeness (QED) is 0.462. The first-order chi connectivity index (χ1) is 9.51. The van der Waals surface area contributed by atoms with Crippen LogP contribution in [0.3, 0.4) is 0 Å². The first-order valence-corrected chi connectivity index (χ1v) is 6.15. The molecule has 1 heterocycles. The van der Waals surface area contributed by atoms with Crippen LogP contribution in [0.1, 0.15) is 10.5 Å². The smallest absolute Gasteiger partial charge is 0.274 e. The molecule has 2 rings (SSSR count). The molecular formula is C12H9Cl2FN4O. The predicted molar refractivity (Wildman–Crippen MR) is 76.4 cm³/mol. The van der Waals surface area contributed by atoms with Gasteiger partial charge in [-0.2, -0.15) is 0 Å². The average molecular weight is 315 g/mol. The van der Waals surface area contributed by atoms with Gasteiger partial charge in [0.15, 0.2) is 5.82 Å². The number of hydrogen-bond donors (Lipinski definition) is 3. The fourth-order valence-corrected chi connectivity index (χ4v) is 1.92. The molecular weight excluding hydrogens is 306 g/mol. The number of hydrazine groups is 1. The van der Waals surface area contributed by atoms with Gasteiger partial charge in [-0.25, -0.2) is 9.37 Å². The number of nitrogens with zero attached hydrogens (tertiary/aromatic N) is 1. The summed E-state index contributed by atoms with van der Waals surface area (Å²) in [6, 6.07) is 5.59. The van der Waals surface area contributed by atoms with E-state index in [-0.39, 0.29) is 21.4 Å². The largest absolute Gasteiger partial charge is 0.323 e. The SMILES string of the molecule is NNc1ccc(C(=O)Nc2cc(Cl)c(F)c(Cl)c2)nc1. The molecule has 0 spiro atoms. The summed E-state index contributed by atoms with van der Waals surface area (Å²) in [4.78, 5) is 15.8. The zero-order valence-electron chi connectivity index (χ0n) is 9.95. The van der Waals surface area contributed by atoms with Crippen molar-refractivity contribution in [2.24, 2.45) is 5.84 Å². The summed E-state index contributed by atoms with van der Waals surface area (Å²) in [5, 5.41) is 2.16. The lowest BCUT2D eigenvalue weighted by atomic mass is 10.2. The van der Waals surface area contributed by atoms with Gasteiger partial charge in [0.25, 0.3) is 5.91 Å². The molecule has 1 amide bonds. The van der Waals surface area contributed by atoms with Gasteiger partial charge in [0, 0.05) is 5.69 Å². The lowest BCUT2D eigenvalue weighted by Crippen LogP contribution is -2.14. The van der Waals surface area contributed by atoms with E-state index in [0.29, 0.717) is 5.69 Å². The first kappa shape index (κ1) is 14.5. The van der Waals surface area contributed by atoms with Crippen molar-refractivity contribution in [2.75, 3.05) is 10.7 Å². The van der Waals surface area contributed by atoms with Crippen molar-refractivity contribution in [3.8, 4) is 0 Å². The van der Waals surface area contributed by atoms with Crippen LogP contribution >= 0.6 is 23.2 Å². The molecule has 0 radical (unpaired) electrons. The number of nitrogens with two attached hydrogens (primary N) is 1. The second-order valence-electron chi connectivity index (χ2n) is 3.78. The van der Waals surface area contributed by atoms with Crippen molar-refractivity contribution >= 4 is 40.5 Å². The second kappa shape index (κ2) is 6.04. The minimum absolute atomic E-state index is 0.167. The zero-order valence-corrected chi connectivity index (χ0v) is 11.5. The molecule has 0 saturated carbocycles. The van der Waals surface area contributed by atoms with Crippen LogP contribution in [0.4, 0.5) is 15.8 Å². The molecule has 5 nitrogen and oxygen atoms in total. The number of carbonyl (C=O) groups is 1. The molecule has 0 unspecified atom stereocenters. The third-order valence-electron chi connectivity index (χ3n) is 2.40. The molecule has 20 heavy (non-hydrogen) atoms. The molecule has 0 aliphatic rings. The van der Waals surface area contributed by atoms with Crippen LogP contribution in [-0.4, -0.2) is 10.9 Å². The Bertz CT molecular complexity index is 625. The van der Waals surface area contributed by atoms with E-state index in [9.17, 15) is 9.18 Å². The second-order valence-corrected chi connectivity index (χ2v) is 4.60. The highest BCUT2D eigenvalue weighted by Crippen LogP contribution is 2.27. The Balaban J connectivity index is 2.18. The number of nitrogens with one attached hydrogen (secondary N) is 2. The molecule has 1 aromatic heterocycles. The Labute approximate surface area is 123 Å². The summed E-state index contributed by atoms with van der Waals surface area (Å²) < 4.78 is 13.2. The molecule has 0 fully saturated rings. The fraction of sp³-hybridized carbons (Fsp3) is 0. The topological polar surface area (TPSA) is 80.0 Å². The van der Waals surface area contributed by atoms with E-state index >= 15 is 0 Å². The van der Waals surface area contributed by atoms with Crippen molar-refractivity contribution in [3.05, 3.63) is 52.0 Å². The minimum atomic E-state index is -0.733. The maximum absolute atomic E-state index is 13.2. The lowest BCUT2D eigenvalue weighted by molar-refractivity contribution is 0.102. The highest BCUT2D eigenvalue weighted by molar-refractivity contribution is 6.35.